The quantitative estimate of drug-likeness (QED) is 0.339. The molecule has 0 atom stereocenters. The Morgan fingerprint density at radius 1 is 0.536 bits per heavy atom. The fourth-order valence-electron chi connectivity index (χ4n) is 3.00. The van der Waals surface area contributed by atoms with Crippen LogP contribution in [0, 0.1) is 0 Å². The molecule has 0 aliphatic carbocycles. The van der Waals surface area contributed by atoms with Crippen LogP contribution in [0.4, 0.5) is 0 Å². The fraction of sp³-hybridized carbons (Fsp3) is 0.154. The molecule has 0 nitrogen and oxygen atoms in total. The van der Waals surface area contributed by atoms with Gasteiger partial charge in [0, 0.05) is 23.0 Å². The summed E-state index contributed by atoms with van der Waals surface area (Å²) in [5.41, 5.74) is 7.89. The Balaban J connectivity index is 1.47. The van der Waals surface area contributed by atoms with Gasteiger partial charge in [-0.15, -0.1) is 0 Å². The van der Waals surface area contributed by atoms with Gasteiger partial charge < -0.3 is 0 Å². The van der Waals surface area contributed by atoms with Gasteiger partial charge in [0.1, 0.15) is 0 Å². The summed E-state index contributed by atoms with van der Waals surface area (Å²) in [6.45, 7) is 7.70. The van der Waals surface area contributed by atoms with Crippen molar-refractivity contribution in [3.63, 3.8) is 0 Å². The molecule has 3 aromatic rings. The molecule has 2 heteroatoms. The van der Waals surface area contributed by atoms with Crippen molar-refractivity contribution < 1.29 is 0 Å². The third kappa shape index (κ3) is 6.47. The molecule has 0 heterocycles. The molecule has 0 saturated carbocycles. The van der Waals surface area contributed by atoms with E-state index in [2.05, 4.69) is 86.0 Å². The average molecular weight is 403 g/mol. The molecule has 0 aliphatic rings. The molecule has 0 unspecified atom stereocenters. The van der Waals surface area contributed by atoms with E-state index in [0.29, 0.717) is 0 Å². The highest BCUT2D eigenvalue weighted by molar-refractivity contribution is 7.98. The van der Waals surface area contributed by atoms with Gasteiger partial charge in [-0.1, -0.05) is 98.1 Å². The zero-order valence-electron chi connectivity index (χ0n) is 16.1. The van der Waals surface area contributed by atoms with Crippen LogP contribution < -0.4 is 0 Å². The van der Waals surface area contributed by atoms with Gasteiger partial charge in [-0.3, -0.25) is 0 Å². The summed E-state index contributed by atoms with van der Waals surface area (Å²) in [5.74, 6) is 4.14. The smallest absolute Gasteiger partial charge is 0.0188 e. The Hall–Kier alpha value is -2.16. The van der Waals surface area contributed by atoms with E-state index in [9.17, 15) is 0 Å². The van der Waals surface area contributed by atoms with E-state index in [0.717, 1.165) is 23.0 Å². The highest BCUT2D eigenvalue weighted by Gasteiger charge is 2.01. The van der Waals surface area contributed by atoms with E-state index in [-0.39, 0.29) is 0 Å². The molecule has 0 N–H and O–H groups in total. The zero-order valence-corrected chi connectivity index (χ0v) is 17.8. The third-order valence-electron chi connectivity index (χ3n) is 4.44. The molecule has 0 aromatic heterocycles. The first kappa shape index (κ1) is 20.6. The molecule has 28 heavy (non-hydrogen) atoms. The topological polar surface area (TPSA) is 0 Å². The summed E-state index contributed by atoms with van der Waals surface area (Å²) >= 11 is 3.92. The fourth-order valence-corrected chi connectivity index (χ4v) is 4.87. The minimum Gasteiger partial charge on any atom is -0.152 e. The Labute approximate surface area is 177 Å². The molecule has 0 bridgehead atoms. The lowest BCUT2D eigenvalue weighted by molar-refractivity contribution is 1.31. The van der Waals surface area contributed by atoms with Crippen molar-refractivity contribution in [3.8, 4) is 0 Å². The first-order valence-corrected chi connectivity index (χ1v) is 11.7. The molecule has 0 saturated heterocycles. The van der Waals surface area contributed by atoms with E-state index in [1.54, 1.807) is 0 Å². The van der Waals surface area contributed by atoms with Crippen LogP contribution in [0.15, 0.2) is 86.0 Å². The van der Waals surface area contributed by atoms with Crippen molar-refractivity contribution in [2.75, 3.05) is 0 Å². The van der Waals surface area contributed by atoms with Gasteiger partial charge in [0.2, 0.25) is 0 Å². The van der Waals surface area contributed by atoms with Crippen LogP contribution in [-0.4, -0.2) is 0 Å². The average Bonchev–Trinajstić information content (AvgIpc) is 2.74. The van der Waals surface area contributed by atoms with Crippen molar-refractivity contribution in [2.45, 2.75) is 23.0 Å². The van der Waals surface area contributed by atoms with E-state index in [4.69, 9.17) is 0 Å². The Morgan fingerprint density at radius 3 is 1.29 bits per heavy atom. The van der Waals surface area contributed by atoms with Crippen LogP contribution in [-0.2, 0) is 23.0 Å². The number of rotatable bonds is 10. The lowest BCUT2D eigenvalue weighted by Crippen LogP contribution is -1.88. The molecule has 3 aromatic carbocycles. The Bertz CT molecular complexity index is 854. The lowest BCUT2D eigenvalue weighted by Gasteiger charge is -2.07. The summed E-state index contributed by atoms with van der Waals surface area (Å²) in [5, 5.41) is 0. The largest absolute Gasteiger partial charge is 0.152 e. The standard InChI is InChI=1S/C26H26S2/c1-3-21-8-5-10-23(14-21)17-27-19-25-12-7-13-26(16-25)20-28-18-24-11-6-9-22(4-2)15-24/h3-16H,1-2,17-20H2. The SMILES string of the molecule is C=Cc1cccc(CSCc2cccc(CSCc3cccc(C=C)c3)c2)c1. The van der Waals surface area contributed by atoms with Crippen LogP contribution in [0.3, 0.4) is 0 Å². The monoisotopic (exact) mass is 402 g/mol. The molecule has 0 aliphatic heterocycles. The highest BCUT2D eigenvalue weighted by atomic mass is 32.2. The Morgan fingerprint density at radius 2 is 0.893 bits per heavy atom. The molecule has 142 valence electrons. The van der Waals surface area contributed by atoms with Crippen molar-refractivity contribution in [2.24, 2.45) is 0 Å². The van der Waals surface area contributed by atoms with Crippen LogP contribution in [0.25, 0.3) is 12.2 Å². The predicted molar refractivity (Wildman–Crippen MR) is 130 cm³/mol. The molecular formula is C26H26S2. The molecular weight excluding hydrogens is 376 g/mol. The number of hydrogen-bond donors (Lipinski definition) is 0. The molecule has 0 fully saturated rings. The second kappa shape index (κ2) is 11.0. The van der Waals surface area contributed by atoms with Gasteiger partial charge in [-0.2, -0.15) is 23.5 Å². The molecule has 0 radical (unpaired) electrons. The number of hydrogen-bond acceptors (Lipinski definition) is 2. The normalized spacial score (nSPS) is 10.6. The minimum absolute atomic E-state index is 1.03. The lowest BCUT2D eigenvalue weighted by atomic mass is 10.1. The van der Waals surface area contributed by atoms with Gasteiger partial charge in [0.25, 0.3) is 0 Å². The summed E-state index contributed by atoms with van der Waals surface area (Å²) in [7, 11) is 0. The zero-order chi connectivity index (χ0) is 19.6. The summed E-state index contributed by atoms with van der Waals surface area (Å²) < 4.78 is 0. The van der Waals surface area contributed by atoms with Crippen molar-refractivity contribution in [1.82, 2.24) is 0 Å². The molecule has 3 rings (SSSR count). The van der Waals surface area contributed by atoms with Crippen molar-refractivity contribution in [1.29, 1.82) is 0 Å². The van der Waals surface area contributed by atoms with E-state index in [1.807, 2.05) is 35.7 Å². The maximum absolute atomic E-state index is 3.85. The van der Waals surface area contributed by atoms with E-state index in [1.165, 1.54) is 33.4 Å². The summed E-state index contributed by atoms with van der Waals surface area (Å²) in [6.07, 6.45) is 3.81. The summed E-state index contributed by atoms with van der Waals surface area (Å²) in [4.78, 5) is 0. The predicted octanol–water partition coefficient (Wildman–Crippen LogP) is 7.84. The minimum atomic E-state index is 1.03. The number of benzene rings is 3. The Kier molecular flexibility index (Phi) is 8.07. The highest BCUT2D eigenvalue weighted by Crippen LogP contribution is 2.23. The van der Waals surface area contributed by atoms with Crippen LogP contribution >= 0.6 is 23.5 Å². The van der Waals surface area contributed by atoms with Crippen LogP contribution in [0.5, 0.6) is 0 Å². The van der Waals surface area contributed by atoms with Gasteiger partial charge in [0.05, 0.1) is 0 Å². The molecule has 0 amide bonds. The first-order chi connectivity index (χ1) is 13.8. The first-order valence-electron chi connectivity index (χ1n) is 9.43. The van der Waals surface area contributed by atoms with Gasteiger partial charge in [0.15, 0.2) is 0 Å². The maximum Gasteiger partial charge on any atom is 0.0188 e. The van der Waals surface area contributed by atoms with Gasteiger partial charge in [-0.05, 0) is 33.4 Å². The number of thioether (sulfide) groups is 2. The maximum atomic E-state index is 3.85. The van der Waals surface area contributed by atoms with Gasteiger partial charge in [-0.25, -0.2) is 0 Å². The van der Waals surface area contributed by atoms with E-state index < -0.39 is 0 Å². The van der Waals surface area contributed by atoms with Crippen molar-refractivity contribution >= 4 is 35.7 Å². The summed E-state index contributed by atoms with van der Waals surface area (Å²) in [6, 6.07) is 26.2. The third-order valence-corrected chi connectivity index (χ3v) is 6.59. The van der Waals surface area contributed by atoms with Crippen LogP contribution in [0.2, 0.25) is 0 Å². The molecule has 0 spiro atoms. The second-order valence-electron chi connectivity index (χ2n) is 6.70. The second-order valence-corrected chi connectivity index (χ2v) is 8.68. The van der Waals surface area contributed by atoms with E-state index >= 15 is 0 Å². The van der Waals surface area contributed by atoms with Gasteiger partial charge >= 0.3 is 0 Å². The van der Waals surface area contributed by atoms with Crippen molar-refractivity contribution in [3.05, 3.63) is 119 Å². The van der Waals surface area contributed by atoms with Crippen LogP contribution in [0.1, 0.15) is 33.4 Å².